The Morgan fingerprint density at radius 1 is 1.33 bits per heavy atom. The third-order valence-electron chi connectivity index (χ3n) is 3.71. The smallest absolute Gasteiger partial charge is 0.229 e. The Bertz CT molecular complexity index is 609. The molecule has 0 saturated carbocycles. The van der Waals surface area contributed by atoms with Gasteiger partial charge < -0.3 is 9.51 Å². The first-order chi connectivity index (χ1) is 10.2. The summed E-state index contributed by atoms with van der Waals surface area (Å²) in [6.07, 6.45) is 10.1. The lowest BCUT2D eigenvalue weighted by atomic mass is 10.0. The van der Waals surface area contributed by atoms with E-state index in [1.807, 2.05) is 6.20 Å². The van der Waals surface area contributed by atoms with Crippen molar-refractivity contribution < 1.29 is 4.52 Å². The third-order valence-corrected chi connectivity index (χ3v) is 3.71. The molecule has 2 aromatic rings. The Kier molecular flexibility index (Phi) is 5.14. The van der Waals surface area contributed by atoms with Gasteiger partial charge in [-0.15, -0.1) is 0 Å². The minimum absolute atomic E-state index is 0.294. The molecule has 4 heteroatoms. The van der Waals surface area contributed by atoms with Crippen LogP contribution in [0.5, 0.6) is 0 Å². The molecule has 2 rings (SSSR count). The molecule has 0 amide bonds. The van der Waals surface area contributed by atoms with Gasteiger partial charge in [-0.05, 0) is 12.5 Å². The Labute approximate surface area is 126 Å². The number of hydrogen-bond acceptors (Lipinski definition) is 3. The van der Waals surface area contributed by atoms with Crippen molar-refractivity contribution in [2.45, 2.75) is 45.4 Å². The maximum absolute atomic E-state index is 5.42. The van der Waals surface area contributed by atoms with Crippen molar-refractivity contribution in [2.75, 3.05) is 0 Å². The van der Waals surface area contributed by atoms with E-state index in [2.05, 4.69) is 42.1 Å². The van der Waals surface area contributed by atoms with E-state index in [0.29, 0.717) is 17.6 Å². The lowest BCUT2D eigenvalue weighted by molar-refractivity contribution is 0.351. The molecule has 0 aliphatic rings. The quantitative estimate of drug-likeness (QED) is 0.692. The summed E-state index contributed by atoms with van der Waals surface area (Å²) in [5, 5.41) is 4.10. The highest BCUT2D eigenvalue weighted by Crippen LogP contribution is 2.28. The fourth-order valence-electron chi connectivity index (χ4n) is 2.39. The zero-order chi connectivity index (χ0) is 15.2. The van der Waals surface area contributed by atoms with E-state index in [-0.39, 0.29) is 0 Å². The molecule has 1 atom stereocenters. The van der Waals surface area contributed by atoms with Crippen molar-refractivity contribution in [3.63, 3.8) is 0 Å². The van der Waals surface area contributed by atoms with Crippen molar-refractivity contribution in [3.05, 3.63) is 36.5 Å². The summed E-state index contributed by atoms with van der Waals surface area (Å²) in [5.74, 6) is 1.60. The molecule has 0 radical (unpaired) electrons. The molecule has 0 fully saturated rings. The standard InChI is InChI=1S/C17H23N3O/c1-5-8-9-10-12(4)17-19-16(20-21-17)14-11-18-15(7-3)13(14)6-2/h6-7,11-12,18H,2-3,5,8-10H2,1,4H3. The summed E-state index contributed by atoms with van der Waals surface area (Å²) in [5.41, 5.74) is 2.77. The van der Waals surface area contributed by atoms with Crippen LogP contribution in [0.15, 0.2) is 23.9 Å². The number of H-pyrrole nitrogens is 1. The second-order valence-corrected chi connectivity index (χ2v) is 5.29. The number of aromatic amines is 1. The van der Waals surface area contributed by atoms with Gasteiger partial charge in [-0.2, -0.15) is 4.98 Å². The van der Waals surface area contributed by atoms with Gasteiger partial charge in [-0.25, -0.2) is 0 Å². The first-order valence-electron chi connectivity index (χ1n) is 7.51. The normalized spacial score (nSPS) is 12.3. The molecule has 112 valence electrons. The van der Waals surface area contributed by atoms with Crippen LogP contribution >= 0.6 is 0 Å². The molecule has 0 aliphatic carbocycles. The molecule has 21 heavy (non-hydrogen) atoms. The highest BCUT2D eigenvalue weighted by Gasteiger charge is 2.18. The van der Waals surface area contributed by atoms with Crippen LogP contribution in [0.25, 0.3) is 23.5 Å². The maximum atomic E-state index is 5.42. The largest absolute Gasteiger partial charge is 0.360 e. The van der Waals surface area contributed by atoms with E-state index in [1.165, 1.54) is 19.3 Å². The fourth-order valence-corrected chi connectivity index (χ4v) is 2.39. The predicted molar refractivity (Wildman–Crippen MR) is 86.8 cm³/mol. The molecule has 1 N–H and O–H groups in total. The summed E-state index contributed by atoms with van der Waals surface area (Å²) >= 11 is 0. The van der Waals surface area contributed by atoms with Crippen LogP contribution < -0.4 is 0 Å². The second kappa shape index (κ2) is 7.07. The highest BCUT2D eigenvalue weighted by atomic mass is 16.5. The highest BCUT2D eigenvalue weighted by molar-refractivity contribution is 5.76. The monoisotopic (exact) mass is 285 g/mol. The Morgan fingerprint density at radius 2 is 2.14 bits per heavy atom. The number of hydrogen-bond donors (Lipinski definition) is 1. The van der Waals surface area contributed by atoms with E-state index < -0.39 is 0 Å². The lowest BCUT2D eigenvalue weighted by Crippen LogP contribution is -1.94. The van der Waals surface area contributed by atoms with Crippen molar-refractivity contribution in [2.24, 2.45) is 0 Å². The summed E-state index contributed by atoms with van der Waals surface area (Å²) in [6.45, 7) is 12.0. The molecule has 4 nitrogen and oxygen atoms in total. The fraction of sp³-hybridized carbons (Fsp3) is 0.412. The molecule has 0 bridgehead atoms. The van der Waals surface area contributed by atoms with Crippen LogP contribution in [0.2, 0.25) is 0 Å². The minimum atomic E-state index is 0.294. The second-order valence-electron chi connectivity index (χ2n) is 5.29. The Hall–Kier alpha value is -2.10. The summed E-state index contributed by atoms with van der Waals surface area (Å²) in [7, 11) is 0. The topological polar surface area (TPSA) is 54.7 Å². The first-order valence-corrected chi connectivity index (χ1v) is 7.51. The van der Waals surface area contributed by atoms with Gasteiger partial charge in [0.2, 0.25) is 11.7 Å². The Balaban J connectivity index is 2.18. The average Bonchev–Trinajstić information content (AvgIpc) is 3.13. The van der Waals surface area contributed by atoms with Gasteiger partial charge in [0.15, 0.2) is 0 Å². The van der Waals surface area contributed by atoms with Crippen molar-refractivity contribution in [1.82, 2.24) is 15.1 Å². The van der Waals surface area contributed by atoms with Gasteiger partial charge in [0.05, 0.1) is 0 Å². The van der Waals surface area contributed by atoms with E-state index in [0.717, 1.165) is 23.2 Å². The van der Waals surface area contributed by atoms with Gasteiger partial charge in [-0.1, -0.05) is 57.5 Å². The summed E-state index contributed by atoms with van der Waals surface area (Å²) in [4.78, 5) is 7.68. The van der Waals surface area contributed by atoms with Gasteiger partial charge in [0.1, 0.15) is 0 Å². The van der Waals surface area contributed by atoms with Crippen LogP contribution in [0, 0.1) is 0 Å². The Morgan fingerprint density at radius 3 is 2.81 bits per heavy atom. The first kappa shape index (κ1) is 15.3. The van der Waals surface area contributed by atoms with Crippen molar-refractivity contribution >= 4 is 12.2 Å². The van der Waals surface area contributed by atoms with Gasteiger partial charge in [-0.3, -0.25) is 0 Å². The molecule has 2 heterocycles. The zero-order valence-corrected chi connectivity index (χ0v) is 12.9. The average molecular weight is 285 g/mol. The van der Waals surface area contributed by atoms with Crippen molar-refractivity contribution in [3.8, 4) is 11.4 Å². The van der Waals surface area contributed by atoms with Gasteiger partial charge in [0.25, 0.3) is 0 Å². The molecule has 2 aromatic heterocycles. The molecule has 0 aromatic carbocycles. The summed E-state index contributed by atoms with van der Waals surface area (Å²) < 4.78 is 5.42. The van der Waals surface area contributed by atoms with E-state index >= 15 is 0 Å². The number of aromatic nitrogens is 3. The zero-order valence-electron chi connectivity index (χ0n) is 12.9. The van der Waals surface area contributed by atoms with Crippen LogP contribution in [0.3, 0.4) is 0 Å². The van der Waals surface area contributed by atoms with E-state index in [1.54, 1.807) is 12.2 Å². The van der Waals surface area contributed by atoms with Crippen LogP contribution in [0.1, 0.15) is 62.6 Å². The maximum Gasteiger partial charge on any atom is 0.229 e. The third kappa shape index (κ3) is 3.32. The molecule has 0 spiro atoms. The molecular weight excluding hydrogens is 262 g/mol. The van der Waals surface area contributed by atoms with Gasteiger partial charge >= 0.3 is 0 Å². The van der Waals surface area contributed by atoms with E-state index in [9.17, 15) is 0 Å². The molecular formula is C17H23N3O. The number of rotatable bonds is 8. The summed E-state index contributed by atoms with van der Waals surface area (Å²) in [6, 6.07) is 0. The van der Waals surface area contributed by atoms with Crippen molar-refractivity contribution in [1.29, 1.82) is 0 Å². The van der Waals surface area contributed by atoms with Crippen LogP contribution in [-0.4, -0.2) is 15.1 Å². The minimum Gasteiger partial charge on any atom is -0.360 e. The van der Waals surface area contributed by atoms with Crippen LogP contribution in [0.4, 0.5) is 0 Å². The van der Waals surface area contributed by atoms with Gasteiger partial charge in [0, 0.05) is 28.9 Å². The number of nitrogens with one attached hydrogen (secondary N) is 1. The molecule has 0 saturated heterocycles. The predicted octanol–water partition coefficient (Wildman–Crippen LogP) is 5.03. The number of unbranched alkanes of at least 4 members (excludes halogenated alkanes) is 2. The van der Waals surface area contributed by atoms with Crippen LogP contribution in [-0.2, 0) is 0 Å². The number of nitrogens with zero attached hydrogens (tertiary/aromatic N) is 2. The SMILES string of the molecule is C=Cc1[nH]cc(-c2noc(C(C)CCCCC)n2)c1C=C. The molecule has 0 aliphatic heterocycles. The van der Waals surface area contributed by atoms with E-state index in [4.69, 9.17) is 4.52 Å². The molecule has 1 unspecified atom stereocenters. The lowest BCUT2D eigenvalue weighted by Gasteiger charge is -2.04.